The summed E-state index contributed by atoms with van der Waals surface area (Å²) in [7, 11) is -19.0. The predicted octanol–water partition coefficient (Wildman–Crippen LogP) is 2.74. The Morgan fingerprint density at radius 2 is 0.650 bits per heavy atom. The summed E-state index contributed by atoms with van der Waals surface area (Å²) in [6.07, 6.45) is -0.770. The number of nitrogens with one attached hydrogen (secondary N) is 2. The second-order valence-corrected chi connectivity index (χ2v) is 19.5. The normalized spacial score (nSPS) is 12.4. The highest BCUT2D eigenvalue weighted by atomic mass is 32.2. The molecule has 0 fully saturated rings. The number of hydrogen-bond acceptors (Lipinski definition) is 16. The number of nitro groups is 4. The number of hydrogen-bond donors (Lipinski definition) is 2. The average Bonchev–Trinajstić information content (AvgIpc) is 3.20. The maximum atomic E-state index is 14.1. The van der Waals surface area contributed by atoms with Crippen LogP contribution >= 0.6 is 0 Å². The first kappa shape index (κ1) is 46.8. The Morgan fingerprint density at radius 3 is 0.933 bits per heavy atom. The van der Waals surface area contributed by atoms with E-state index in [1.54, 1.807) is 0 Å². The lowest BCUT2D eigenvalue weighted by Crippen LogP contribution is -2.43. The van der Waals surface area contributed by atoms with Gasteiger partial charge in [0.15, 0.2) is 19.6 Å². The van der Waals surface area contributed by atoms with Crippen molar-refractivity contribution < 1.29 is 53.4 Å². The van der Waals surface area contributed by atoms with Crippen LogP contribution < -0.4 is 9.44 Å². The van der Waals surface area contributed by atoms with Crippen molar-refractivity contribution in [1.29, 1.82) is 0 Å². The van der Waals surface area contributed by atoms with Crippen molar-refractivity contribution in [2.75, 3.05) is 39.3 Å². The van der Waals surface area contributed by atoms with Crippen molar-refractivity contribution in [1.82, 2.24) is 18.1 Å². The predicted molar refractivity (Wildman–Crippen MR) is 210 cm³/mol. The quantitative estimate of drug-likeness (QED) is 0.0614. The monoisotopic (exact) mass is 914 g/mol. The van der Waals surface area contributed by atoms with E-state index < -0.39 is 141 Å². The first-order chi connectivity index (χ1) is 28.1. The first-order valence-electron chi connectivity index (χ1n) is 17.1. The number of benzene rings is 4. The largest absolute Gasteiger partial charge is 0.289 e. The van der Waals surface area contributed by atoms with E-state index in [4.69, 9.17) is 0 Å². The van der Waals surface area contributed by atoms with Crippen molar-refractivity contribution in [3.05, 3.63) is 138 Å². The van der Waals surface area contributed by atoms with E-state index >= 15 is 0 Å². The van der Waals surface area contributed by atoms with Crippen molar-refractivity contribution >= 4 is 62.8 Å². The summed E-state index contributed by atoms with van der Waals surface area (Å²) in [4.78, 5) is 39.7. The average molecular weight is 915 g/mol. The van der Waals surface area contributed by atoms with Gasteiger partial charge < -0.3 is 0 Å². The summed E-state index contributed by atoms with van der Waals surface area (Å²) in [6, 6.07) is 17.1. The van der Waals surface area contributed by atoms with Gasteiger partial charge in [0.25, 0.3) is 22.7 Å². The molecule has 322 valence electrons. The molecule has 24 nitrogen and oxygen atoms in total. The zero-order valence-corrected chi connectivity index (χ0v) is 34.0. The Kier molecular flexibility index (Phi) is 15.2. The third-order valence-corrected chi connectivity index (χ3v) is 15.3. The van der Waals surface area contributed by atoms with Gasteiger partial charge in [0.05, 0.1) is 19.7 Å². The third kappa shape index (κ3) is 11.0. The van der Waals surface area contributed by atoms with Crippen LogP contribution in [0.1, 0.15) is 12.8 Å². The Labute approximate surface area is 342 Å². The Balaban J connectivity index is 1.66. The summed E-state index contributed by atoms with van der Waals surface area (Å²) in [5, 5.41) is 46.5. The smallest absolute Gasteiger partial charge is 0.258 e. The molecular weight excluding hydrogens is 881 g/mol. The van der Waals surface area contributed by atoms with Crippen LogP contribution in [0.5, 0.6) is 0 Å². The number of rotatable bonds is 23. The highest BCUT2D eigenvalue weighted by Gasteiger charge is 2.36. The highest BCUT2D eigenvalue weighted by molar-refractivity contribution is 7.90. The molecule has 2 N–H and O–H groups in total. The van der Waals surface area contributed by atoms with E-state index in [2.05, 4.69) is 9.44 Å². The van der Waals surface area contributed by atoms with E-state index in [0.29, 0.717) is 8.61 Å². The van der Waals surface area contributed by atoms with Crippen molar-refractivity contribution in [2.24, 2.45) is 0 Å². The molecule has 0 saturated heterocycles. The Bertz CT molecular complexity index is 2550. The first-order valence-corrected chi connectivity index (χ1v) is 22.9. The standard InChI is InChI=1S/C32H34N8O16S4/c41-37(42)25-11-1-5-15-29(25)57(49,50)33-19-9-21-35(59(53,54)31-17-7-3-13-27(31)39(45)46)23-24-36(60(55,56)32-18-8-4-14-28(32)40(47)48)22-10-20-34-58(51,52)30-16-6-2-12-26(30)38(43)44/h1-8,11-18,33-34H,9-10,19-24H2. The van der Waals surface area contributed by atoms with Crippen LogP contribution in [0.25, 0.3) is 0 Å². The van der Waals surface area contributed by atoms with Gasteiger partial charge in [-0.25, -0.2) is 43.1 Å². The lowest BCUT2D eigenvalue weighted by Gasteiger charge is -2.27. The summed E-state index contributed by atoms with van der Waals surface area (Å²) >= 11 is 0. The zero-order chi connectivity index (χ0) is 44.5. The van der Waals surface area contributed by atoms with E-state index in [1.165, 1.54) is 48.5 Å². The van der Waals surface area contributed by atoms with Crippen molar-refractivity contribution in [3.63, 3.8) is 0 Å². The number of nitrogens with zero attached hydrogens (tertiary/aromatic N) is 6. The van der Waals surface area contributed by atoms with Crippen molar-refractivity contribution in [2.45, 2.75) is 32.4 Å². The van der Waals surface area contributed by atoms with E-state index in [1.807, 2.05) is 0 Å². The van der Waals surface area contributed by atoms with Gasteiger partial charge in [-0.05, 0) is 37.1 Å². The molecule has 0 saturated carbocycles. The molecule has 0 atom stereocenters. The van der Waals surface area contributed by atoms with Gasteiger partial charge in [-0.1, -0.05) is 48.5 Å². The molecule has 0 spiro atoms. The molecule has 0 aliphatic carbocycles. The second kappa shape index (κ2) is 19.5. The SMILES string of the molecule is O=[N+]([O-])c1ccccc1S(=O)(=O)NCCCN(CCN(CCCNS(=O)(=O)c1ccccc1[N+](=O)[O-])S(=O)(=O)c1ccccc1[N+](=O)[O-])S(=O)(=O)c1ccccc1[N+](=O)[O-]. The fourth-order valence-electron chi connectivity index (χ4n) is 5.61. The van der Waals surface area contributed by atoms with Crippen LogP contribution in [0.4, 0.5) is 22.7 Å². The van der Waals surface area contributed by atoms with Gasteiger partial charge in [-0.2, -0.15) is 8.61 Å². The fourth-order valence-corrected chi connectivity index (χ4v) is 11.4. The van der Waals surface area contributed by atoms with Gasteiger partial charge in [0.2, 0.25) is 40.1 Å². The molecule has 4 aromatic carbocycles. The van der Waals surface area contributed by atoms with Gasteiger partial charge in [0, 0.05) is 63.5 Å². The maximum absolute atomic E-state index is 14.1. The molecule has 0 bridgehead atoms. The molecule has 28 heteroatoms. The molecular formula is C32H34N8O16S4. The molecule has 4 rings (SSSR count). The highest BCUT2D eigenvalue weighted by Crippen LogP contribution is 2.30. The summed E-state index contributed by atoms with van der Waals surface area (Å²) < 4.78 is 114. The lowest BCUT2D eigenvalue weighted by atomic mass is 10.3. The van der Waals surface area contributed by atoms with Gasteiger partial charge in [-0.15, -0.1) is 0 Å². The molecule has 4 aromatic rings. The third-order valence-electron chi connectivity index (χ3n) is 8.41. The molecule has 0 aromatic heterocycles. The Hall–Kier alpha value is -5.88. The van der Waals surface area contributed by atoms with Crippen LogP contribution in [0.15, 0.2) is 117 Å². The molecule has 60 heavy (non-hydrogen) atoms. The van der Waals surface area contributed by atoms with E-state index in [-0.39, 0.29) is 12.8 Å². The van der Waals surface area contributed by atoms with Crippen LogP contribution in [0, 0.1) is 40.5 Å². The van der Waals surface area contributed by atoms with Crippen molar-refractivity contribution in [3.8, 4) is 0 Å². The Morgan fingerprint density at radius 1 is 0.400 bits per heavy atom. The van der Waals surface area contributed by atoms with Crippen LogP contribution in [0.2, 0.25) is 0 Å². The van der Waals surface area contributed by atoms with E-state index in [0.717, 1.165) is 48.5 Å². The minimum absolute atomic E-state index is 0.385. The van der Waals surface area contributed by atoms with Crippen LogP contribution in [0.3, 0.4) is 0 Å². The minimum atomic E-state index is -4.93. The van der Waals surface area contributed by atoms with Crippen LogP contribution in [-0.2, 0) is 40.1 Å². The number of nitro benzene ring substituents is 4. The molecule has 0 radical (unpaired) electrons. The zero-order valence-electron chi connectivity index (χ0n) is 30.7. The molecule has 0 aliphatic heterocycles. The fraction of sp³-hybridized carbons (Fsp3) is 0.250. The lowest BCUT2D eigenvalue weighted by molar-refractivity contribution is -0.388. The number of sulfonamides is 4. The molecule has 0 heterocycles. The second-order valence-electron chi connectivity index (χ2n) is 12.2. The molecule has 0 aliphatic rings. The summed E-state index contributed by atoms with van der Waals surface area (Å²) in [6.45, 7) is -3.99. The maximum Gasteiger partial charge on any atom is 0.289 e. The number of para-hydroxylation sites is 4. The molecule has 0 unspecified atom stereocenters. The van der Waals surface area contributed by atoms with E-state index in [9.17, 15) is 74.1 Å². The van der Waals surface area contributed by atoms with Gasteiger partial charge in [-0.3, -0.25) is 40.5 Å². The summed E-state index contributed by atoms with van der Waals surface area (Å²) in [5.74, 6) is 0. The molecule has 0 amide bonds. The topological polar surface area (TPSA) is 340 Å². The summed E-state index contributed by atoms with van der Waals surface area (Å²) in [5.41, 5.74) is -3.23. The van der Waals surface area contributed by atoms with Crippen LogP contribution in [-0.4, -0.2) is 101 Å². The van der Waals surface area contributed by atoms with Gasteiger partial charge in [0.1, 0.15) is 0 Å². The minimum Gasteiger partial charge on any atom is -0.258 e. The van der Waals surface area contributed by atoms with Gasteiger partial charge >= 0.3 is 0 Å².